The van der Waals surface area contributed by atoms with Crippen molar-refractivity contribution in [2.45, 2.75) is 6.18 Å². The summed E-state index contributed by atoms with van der Waals surface area (Å²) in [6, 6.07) is 7.65. The number of halogens is 4. The first-order valence-corrected chi connectivity index (χ1v) is 6.18. The Labute approximate surface area is 126 Å². The van der Waals surface area contributed by atoms with Gasteiger partial charge in [0, 0.05) is 22.0 Å². The van der Waals surface area contributed by atoms with Crippen LogP contribution < -0.4 is 5.84 Å². The van der Waals surface area contributed by atoms with E-state index in [1.54, 1.807) is 17.1 Å². The van der Waals surface area contributed by atoms with Crippen molar-refractivity contribution in [3.63, 3.8) is 0 Å². The van der Waals surface area contributed by atoms with E-state index in [4.69, 9.17) is 27.3 Å². The number of fused-ring (bicyclic) bond motifs is 3. The number of alkyl halides is 3. The molecule has 116 valence electrons. The molecule has 0 radical (unpaired) electrons. The van der Waals surface area contributed by atoms with Gasteiger partial charge in [-0.1, -0.05) is 17.7 Å². The molecule has 3 aromatic rings. The predicted molar refractivity (Wildman–Crippen MR) is 76.1 cm³/mol. The Balaban J connectivity index is 0.000000217. The zero-order valence-electron chi connectivity index (χ0n) is 10.8. The van der Waals surface area contributed by atoms with Crippen LogP contribution in [0.1, 0.15) is 0 Å². The molecule has 2 heterocycles. The first-order chi connectivity index (χ1) is 10.2. The molecule has 0 atom stereocenters. The van der Waals surface area contributed by atoms with Crippen LogP contribution in [0, 0.1) is 0 Å². The van der Waals surface area contributed by atoms with E-state index in [2.05, 4.69) is 4.98 Å². The number of nitrogens with two attached hydrogens (primary N) is 1. The average molecular weight is 332 g/mol. The van der Waals surface area contributed by atoms with E-state index in [0.717, 1.165) is 21.8 Å². The molecular weight excluding hydrogens is 323 g/mol. The molecule has 0 bridgehead atoms. The number of pyridine rings is 1. The molecule has 9 heteroatoms. The Morgan fingerprint density at radius 1 is 1.23 bits per heavy atom. The summed E-state index contributed by atoms with van der Waals surface area (Å²) in [4.78, 5) is 13.0. The zero-order valence-corrected chi connectivity index (χ0v) is 11.6. The quantitative estimate of drug-likeness (QED) is 0.620. The van der Waals surface area contributed by atoms with Gasteiger partial charge >= 0.3 is 12.1 Å². The highest BCUT2D eigenvalue weighted by Gasteiger charge is 2.38. The van der Waals surface area contributed by atoms with Crippen LogP contribution in [0.2, 0.25) is 5.02 Å². The Bertz CT molecular complexity index is 846. The van der Waals surface area contributed by atoms with Crippen LogP contribution in [0.3, 0.4) is 0 Å². The van der Waals surface area contributed by atoms with Gasteiger partial charge in [-0.25, -0.2) is 4.79 Å². The molecule has 0 spiro atoms. The minimum atomic E-state index is -5.08. The second kappa shape index (κ2) is 5.72. The average Bonchev–Trinajstić information content (AvgIpc) is 2.72. The monoisotopic (exact) mass is 331 g/mol. The molecule has 3 rings (SSSR count). The normalized spacial score (nSPS) is 11.3. The molecule has 0 saturated heterocycles. The largest absolute Gasteiger partial charge is 0.490 e. The fourth-order valence-corrected chi connectivity index (χ4v) is 2.03. The lowest BCUT2D eigenvalue weighted by Crippen LogP contribution is -2.21. The summed E-state index contributed by atoms with van der Waals surface area (Å²) < 4.78 is 33.4. The van der Waals surface area contributed by atoms with Gasteiger partial charge in [0.25, 0.3) is 0 Å². The number of rotatable bonds is 0. The van der Waals surface area contributed by atoms with E-state index in [0.29, 0.717) is 5.02 Å². The van der Waals surface area contributed by atoms with Crippen LogP contribution in [0.4, 0.5) is 13.2 Å². The number of carboxylic acids is 1. The number of aliphatic carboxylic acids is 1. The maximum atomic E-state index is 10.6. The van der Waals surface area contributed by atoms with E-state index in [-0.39, 0.29) is 0 Å². The van der Waals surface area contributed by atoms with E-state index < -0.39 is 12.1 Å². The van der Waals surface area contributed by atoms with Gasteiger partial charge in [0.05, 0.1) is 17.2 Å². The maximum Gasteiger partial charge on any atom is 0.490 e. The summed E-state index contributed by atoms with van der Waals surface area (Å²) >= 11 is 5.93. The molecular formula is C13H9ClF3N3O2. The summed E-state index contributed by atoms with van der Waals surface area (Å²) in [5.74, 6) is 3.20. The minimum Gasteiger partial charge on any atom is -0.475 e. The number of nitrogens with zero attached hydrogens (tertiary/aromatic N) is 2. The highest BCUT2D eigenvalue weighted by Crippen LogP contribution is 2.28. The van der Waals surface area contributed by atoms with Crippen molar-refractivity contribution in [1.29, 1.82) is 0 Å². The van der Waals surface area contributed by atoms with Crippen LogP contribution in [0.25, 0.3) is 21.8 Å². The predicted octanol–water partition coefficient (Wildman–Crippen LogP) is 3.19. The topological polar surface area (TPSA) is 81.1 Å². The van der Waals surface area contributed by atoms with Gasteiger partial charge in [0.1, 0.15) is 0 Å². The third kappa shape index (κ3) is 3.06. The van der Waals surface area contributed by atoms with Crippen molar-refractivity contribution in [2.75, 3.05) is 5.84 Å². The van der Waals surface area contributed by atoms with Gasteiger partial charge < -0.3 is 10.9 Å². The molecule has 0 unspecified atom stereocenters. The van der Waals surface area contributed by atoms with Crippen molar-refractivity contribution in [3.8, 4) is 0 Å². The second-order valence-corrected chi connectivity index (χ2v) is 4.66. The van der Waals surface area contributed by atoms with E-state index in [1.165, 1.54) is 0 Å². The molecule has 0 aliphatic rings. The van der Waals surface area contributed by atoms with Gasteiger partial charge in [-0.15, -0.1) is 0 Å². The number of carboxylic acid groups (broad SMARTS) is 1. The fourth-order valence-electron chi connectivity index (χ4n) is 1.87. The number of aromatic nitrogens is 2. The highest BCUT2D eigenvalue weighted by molar-refractivity contribution is 6.31. The molecule has 0 fully saturated rings. The molecule has 1 aromatic carbocycles. The lowest BCUT2D eigenvalue weighted by Gasteiger charge is -1.96. The highest BCUT2D eigenvalue weighted by atomic mass is 35.5. The van der Waals surface area contributed by atoms with Crippen molar-refractivity contribution >= 4 is 39.4 Å². The molecule has 22 heavy (non-hydrogen) atoms. The number of carbonyl (C=O) groups is 1. The summed E-state index contributed by atoms with van der Waals surface area (Å²) in [5, 5.41) is 10.0. The Kier molecular flexibility index (Phi) is 4.14. The molecule has 2 aromatic heterocycles. The molecule has 0 saturated carbocycles. The summed E-state index contributed by atoms with van der Waals surface area (Å²) in [7, 11) is 0. The van der Waals surface area contributed by atoms with Gasteiger partial charge in [0.2, 0.25) is 0 Å². The van der Waals surface area contributed by atoms with Crippen LogP contribution >= 0.6 is 11.6 Å². The smallest absolute Gasteiger partial charge is 0.475 e. The van der Waals surface area contributed by atoms with Crippen LogP contribution in [-0.4, -0.2) is 26.9 Å². The Hall–Kier alpha value is -2.48. The van der Waals surface area contributed by atoms with Crippen molar-refractivity contribution in [1.82, 2.24) is 9.66 Å². The fraction of sp³-hybridized carbons (Fsp3) is 0.0769. The van der Waals surface area contributed by atoms with Crippen LogP contribution in [0.5, 0.6) is 0 Å². The first kappa shape index (κ1) is 15.9. The third-order valence-corrected chi connectivity index (χ3v) is 3.05. The van der Waals surface area contributed by atoms with Gasteiger partial charge in [-0.05, 0) is 18.2 Å². The standard InChI is InChI=1S/C11H8ClN3.C2HF3O2/c12-7-1-2-8-9-3-4-14-6-11(9)15(13)10(8)5-7;3-2(4,5)1(6)7/h1-6H,13H2;(H,6,7). The van der Waals surface area contributed by atoms with Crippen LogP contribution in [0.15, 0.2) is 36.7 Å². The van der Waals surface area contributed by atoms with Crippen molar-refractivity contribution < 1.29 is 23.1 Å². The maximum absolute atomic E-state index is 10.6. The summed E-state index contributed by atoms with van der Waals surface area (Å²) in [6.07, 6.45) is -1.57. The van der Waals surface area contributed by atoms with E-state index in [1.807, 2.05) is 24.3 Å². The van der Waals surface area contributed by atoms with E-state index >= 15 is 0 Å². The van der Waals surface area contributed by atoms with Crippen molar-refractivity contribution in [3.05, 3.63) is 41.7 Å². The molecule has 0 amide bonds. The zero-order chi connectivity index (χ0) is 16.5. The number of hydrogen-bond donors (Lipinski definition) is 2. The number of nitrogen functional groups attached to an aromatic ring is 1. The first-order valence-electron chi connectivity index (χ1n) is 5.80. The summed E-state index contributed by atoms with van der Waals surface area (Å²) in [6.45, 7) is 0. The lowest BCUT2D eigenvalue weighted by molar-refractivity contribution is -0.192. The third-order valence-electron chi connectivity index (χ3n) is 2.81. The Morgan fingerprint density at radius 3 is 2.41 bits per heavy atom. The molecule has 3 N–H and O–H groups in total. The minimum absolute atomic E-state index is 0.685. The molecule has 5 nitrogen and oxygen atoms in total. The van der Waals surface area contributed by atoms with Crippen molar-refractivity contribution in [2.24, 2.45) is 0 Å². The lowest BCUT2D eigenvalue weighted by atomic mass is 10.2. The summed E-state index contributed by atoms with van der Waals surface area (Å²) in [5.41, 5.74) is 1.83. The second-order valence-electron chi connectivity index (χ2n) is 4.23. The van der Waals surface area contributed by atoms with Gasteiger partial charge in [-0.3, -0.25) is 9.66 Å². The van der Waals surface area contributed by atoms with Crippen LogP contribution in [-0.2, 0) is 4.79 Å². The molecule has 0 aliphatic carbocycles. The van der Waals surface area contributed by atoms with E-state index in [9.17, 15) is 13.2 Å². The molecule has 0 aliphatic heterocycles. The van der Waals surface area contributed by atoms with Gasteiger partial charge in [-0.2, -0.15) is 13.2 Å². The number of hydrogen-bond acceptors (Lipinski definition) is 3. The number of benzene rings is 1. The Morgan fingerprint density at radius 2 is 1.82 bits per heavy atom. The van der Waals surface area contributed by atoms with Gasteiger partial charge in [0.15, 0.2) is 0 Å². The SMILES string of the molecule is Nn1c2cnccc2c2ccc(Cl)cc21.O=C(O)C(F)(F)F.